The Balaban J connectivity index is 1.74. The van der Waals surface area contributed by atoms with Gasteiger partial charge in [0.1, 0.15) is 0 Å². The largest absolute Gasteiger partial charge is 0.0654 e. The summed E-state index contributed by atoms with van der Waals surface area (Å²) in [5.74, 6) is 0. The topological polar surface area (TPSA) is 0 Å². The molecule has 0 radical (unpaired) electrons. The number of unbranched alkanes of at least 4 members (excludes halogenated alkanes) is 12. The summed E-state index contributed by atoms with van der Waals surface area (Å²) < 4.78 is 0. The average Bonchev–Trinajstić information content (AvgIpc) is 2.83. The zero-order chi connectivity index (χ0) is 23.6. The molecule has 1 aliphatic carbocycles. The van der Waals surface area contributed by atoms with E-state index in [-0.39, 0.29) is 0 Å². The SMILES string of the molecule is CCCCCCCCCc1ccc(CCC2(CCCCCCCCC)CCCCC2)c(C)c1. The molecule has 0 aliphatic heterocycles. The highest BCUT2D eigenvalue weighted by atomic mass is 14.4. The van der Waals surface area contributed by atoms with Gasteiger partial charge in [-0.1, -0.05) is 135 Å². The molecule has 33 heavy (non-hydrogen) atoms. The van der Waals surface area contributed by atoms with Crippen LogP contribution in [0.5, 0.6) is 0 Å². The van der Waals surface area contributed by atoms with E-state index in [0.717, 1.165) is 0 Å². The molecule has 190 valence electrons. The molecule has 1 aromatic carbocycles. The van der Waals surface area contributed by atoms with E-state index in [2.05, 4.69) is 39.0 Å². The maximum atomic E-state index is 2.51. The lowest BCUT2D eigenvalue weighted by Crippen LogP contribution is -2.25. The highest BCUT2D eigenvalue weighted by Gasteiger charge is 2.31. The van der Waals surface area contributed by atoms with E-state index >= 15 is 0 Å². The summed E-state index contributed by atoms with van der Waals surface area (Å²) in [6.45, 7) is 6.99. The van der Waals surface area contributed by atoms with Crippen molar-refractivity contribution in [2.24, 2.45) is 5.41 Å². The van der Waals surface area contributed by atoms with E-state index in [1.165, 1.54) is 148 Å². The van der Waals surface area contributed by atoms with Gasteiger partial charge in [-0.25, -0.2) is 0 Å². The number of rotatable bonds is 19. The Morgan fingerprint density at radius 3 is 1.79 bits per heavy atom. The van der Waals surface area contributed by atoms with E-state index in [9.17, 15) is 0 Å². The van der Waals surface area contributed by atoms with Crippen molar-refractivity contribution < 1.29 is 0 Å². The minimum Gasteiger partial charge on any atom is -0.0654 e. The van der Waals surface area contributed by atoms with Crippen LogP contribution >= 0.6 is 0 Å². The number of aryl methyl sites for hydroxylation is 3. The molecule has 0 heteroatoms. The van der Waals surface area contributed by atoms with E-state index in [4.69, 9.17) is 0 Å². The normalized spacial score (nSPS) is 15.7. The molecule has 1 fully saturated rings. The van der Waals surface area contributed by atoms with Gasteiger partial charge in [0, 0.05) is 0 Å². The molecular weight excluding hydrogens is 396 g/mol. The standard InChI is InChI=1S/C33H58/c1-4-6-8-10-12-14-17-21-31-22-23-32(30(3)29-31)24-28-33(26-19-16-20-27-33)25-18-15-13-11-9-7-5-2/h22-23,29H,4-21,24-28H2,1-3H3. The van der Waals surface area contributed by atoms with E-state index in [0.29, 0.717) is 5.41 Å². The van der Waals surface area contributed by atoms with Gasteiger partial charge in [-0.05, 0) is 74.0 Å². The summed E-state index contributed by atoms with van der Waals surface area (Å²) in [7, 11) is 0. The quantitative estimate of drug-likeness (QED) is 0.182. The molecule has 0 heterocycles. The minimum absolute atomic E-state index is 0.657. The molecule has 0 amide bonds. The number of hydrogen-bond acceptors (Lipinski definition) is 0. The fourth-order valence-corrected chi connectivity index (χ4v) is 6.26. The highest BCUT2D eigenvalue weighted by Crippen LogP contribution is 2.44. The highest BCUT2D eigenvalue weighted by molar-refractivity contribution is 5.31. The molecule has 0 nitrogen and oxygen atoms in total. The fraction of sp³-hybridized carbons (Fsp3) is 0.818. The third-order valence-electron chi connectivity index (χ3n) is 8.63. The first-order valence-electron chi connectivity index (χ1n) is 15.3. The van der Waals surface area contributed by atoms with Gasteiger partial charge >= 0.3 is 0 Å². The van der Waals surface area contributed by atoms with Crippen molar-refractivity contribution in [1.82, 2.24) is 0 Å². The Morgan fingerprint density at radius 2 is 1.18 bits per heavy atom. The average molecular weight is 455 g/mol. The summed E-state index contributed by atoms with van der Waals surface area (Å²) >= 11 is 0. The predicted octanol–water partition coefficient (Wildman–Crippen LogP) is 11.3. The minimum atomic E-state index is 0.657. The van der Waals surface area contributed by atoms with Crippen molar-refractivity contribution >= 4 is 0 Å². The molecule has 1 aliphatic rings. The van der Waals surface area contributed by atoms with Crippen LogP contribution in [-0.2, 0) is 12.8 Å². The molecule has 0 saturated heterocycles. The van der Waals surface area contributed by atoms with Gasteiger partial charge in [0.05, 0.1) is 0 Å². The molecular formula is C33H58. The Labute approximate surface area is 208 Å². The van der Waals surface area contributed by atoms with Crippen molar-refractivity contribution in [2.75, 3.05) is 0 Å². The van der Waals surface area contributed by atoms with Crippen LogP contribution in [0.15, 0.2) is 18.2 Å². The molecule has 2 rings (SSSR count). The van der Waals surface area contributed by atoms with Crippen LogP contribution < -0.4 is 0 Å². The summed E-state index contributed by atoms with van der Waals surface area (Å²) in [5, 5.41) is 0. The Hall–Kier alpha value is -0.780. The molecule has 1 aromatic rings. The van der Waals surface area contributed by atoms with Gasteiger partial charge in [0.15, 0.2) is 0 Å². The van der Waals surface area contributed by atoms with Crippen molar-refractivity contribution in [3.8, 4) is 0 Å². The lowest BCUT2D eigenvalue weighted by Gasteiger charge is -2.38. The Kier molecular flexibility index (Phi) is 15.2. The summed E-state index contributed by atoms with van der Waals surface area (Å²) in [6, 6.07) is 7.44. The van der Waals surface area contributed by atoms with Gasteiger partial charge in [0.2, 0.25) is 0 Å². The fourth-order valence-electron chi connectivity index (χ4n) is 6.26. The zero-order valence-electron chi connectivity index (χ0n) is 23.0. The monoisotopic (exact) mass is 454 g/mol. The molecule has 0 bridgehead atoms. The van der Waals surface area contributed by atoms with Crippen LogP contribution in [0.2, 0.25) is 0 Å². The summed E-state index contributed by atoms with van der Waals surface area (Å²) in [6.07, 6.45) is 32.9. The first-order valence-corrected chi connectivity index (χ1v) is 15.3. The van der Waals surface area contributed by atoms with Gasteiger partial charge in [0.25, 0.3) is 0 Å². The third kappa shape index (κ3) is 12.0. The maximum Gasteiger partial charge on any atom is -0.0271 e. The predicted molar refractivity (Wildman–Crippen MR) is 149 cm³/mol. The number of benzene rings is 1. The molecule has 0 unspecified atom stereocenters. The molecule has 0 atom stereocenters. The lowest BCUT2D eigenvalue weighted by molar-refractivity contribution is 0.152. The maximum absolute atomic E-state index is 2.51. The van der Waals surface area contributed by atoms with Crippen LogP contribution in [0.4, 0.5) is 0 Å². The molecule has 0 spiro atoms. The third-order valence-corrected chi connectivity index (χ3v) is 8.63. The van der Waals surface area contributed by atoms with Crippen molar-refractivity contribution in [3.05, 3.63) is 34.9 Å². The van der Waals surface area contributed by atoms with Crippen LogP contribution in [0.25, 0.3) is 0 Å². The molecule has 0 aromatic heterocycles. The van der Waals surface area contributed by atoms with Crippen LogP contribution in [-0.4, -0.2) is 0 Å². The summed E-state index contributed by atoms with van der Waals surface area (Å²) in [4.78, 5) is 0. The van der Waals surface area contributed by atoms with Gasteiger partial charge in [-0.2, -0.15) is 0 Å². The van der Waals surface area contributed by atoms with Crippen LogP contribution in [0, 0.1) is 12.3 Å². The van der Waals surface area contributed by atoms with Gasteiger partial charge < -0.3 is 0 Å². The first kappa shape index (κ1) is 28.5. The van der Waals surface area contributed by atoms with Crippen molar-refractivity contribution in [3.63, 3.8) is 0 Å². The molecule has 1 saturated carbocycles. The molecule has 0 N–H and O–H groups in total. The second kappa shape index (κ2) is 17.6. The Morgan fingerprint density at radius 1 is 0.606 bits per heavy atom. The van der Waals surface area contributed by atoms with Crippen molar-refractivity contribution in [1.29, 1.82) is 0 Å². The van der Waals surface area contributed by atoms with Crippen LogP contribution in [0.3, 0.4) is 0 Å². The second-order valence-corrected chi connectivity index (χ2v) is 11.6. The number of hydrogen-bond donors (Lipinski definition) is 0. The first-order chi connectivity index (χ1) is 16.2. The van der Waals surface area contributed by atoms with Gasteiger partial charge in [-0.3, -0.25) is 0 Å². The van der Waals surface area contributed by atoms with E-state index < -0.39 is 0 Å². The van der Waals surface area contributed by atoms with E-state index in [1.54, 1.807) is 16.7 Å². The lowest BCUT2D eigenvalue weighted by atomic mass is 9.67. The smallest absolute Gasteiger partial charge is 0.0271 e. The van der Waals surface area contributed by atoms with Crippen LogP contribution in [0.1, 0.15) is 165 Å². The van der Waals surface area contributed by atoms with Crippen molar-refractivity contribution in [2.45, 2.75) is 168 Å². The second-order valence-electron chi connectivity index (χ2n) is 11.6. The van der Waals surface area contributed by atoms with Gasteiger partial charge in [-0.15, -0.1) is 0 Å². The van der Waals surface area contributed by atoms with E-state index in [1.807, 2.05) is 0 Å². The zero-order valence-corrected chi connectivity index (χ0v) is 23.0. The summed E-state index contributed by atoms with van der Waals surface area (Å²) in [5.41, 5.74) is 5.41. The Bertz CT molecular complexity index is 592.